The van der Waals surface area contributed by atoms with Crippen LogP contribution in [0.15, 0.2) is 18.2 Å². The highest BCUT2D eigenvalue weighted by Crippen LogP contribution is 2.24. The van der Waals surface area contributed by atoms with Crippen LogP contribution in [0.25, 0.3) is 0 Å². The molecular weight excluding hydrogens is 265 g/mol. The number of halogens is 1. The molecule has 20 heavy (non-hydrogen) atoms. The number of rotatable bonds is 6. The van der Waals surface area contributed by atoms with Crippen molar-refractivity contribution in [3.05, 3.63) is 35.1 Å². The zero-order chi connectivity index (χ0) is 15.3. The average molecular weight is 283 g/mol. The number of hydrogen-bond donors (Lipinski definition) is 3. The fourth-order valence-corrected chi connectivity index (χ4v) is 1.85. The molecule has 0 heterocycles. The minimum absolute atomic E-state index is 0.0380. The number of aliphatic hydroxyl groups excluding tert-OH is 2. The maximum atomic E-state index is 13.1. The lowest BCUT2D eigenvalue weighted by Crippen LogP contribution is -2.28. The number of ketones is 1. The predicted octanol–water partition coefficient (Wildman–Crippen LogP) is 0.949. The molecule has 0 radical (unpaired) electrons. The summed E-state index contributed by atoms with van der Waals surface area (Å²) in [4.78, 5) is 22.1. The maximum absolute atomic E-state index is 13.1. The molecule has 1 aromatic rings. The molecule has 0 aliphatic rings. The summed E-state index contributed by atoms with van der Waals surface area (Å²) >= 11 is 0. The van der Waals surface area contributed by atoms with Crippen LogP contribution in [0.5, 0.6) is 0 Å². The van der Waals surface area contributed by atoms with Crippen LogP contribution in [0.1, 0.15) is 42.3 Å². The van der Waals surface area contributed by atoms with Gasteiger partial charge in [0.2, 0.25) is 5.91 Å². The number of Topliss-reactive ketones (excluding diaryl/α,β-unsaturated/α-hetero) is 1. The summed E-state index contributed by atoms with van der Waals surface area (Å²) in [5.74, 6) is -1.22. The molecule has 0 saturated heterocycles. The van der Waals surface area contributed by atoms with Crippen molar-refractivity contribution in [2.75, 3.05) is 6.54 Å². The van der Waals surface area contributed by atoms with Crippen LogP contribution in [0.2, 0.25) is 0 Å². The van der Waals surface area contributed by atoms with Crippen molar-refractivity contribution in [3.63, 3.8) is 0 Å². The SMILES string of the molecule is CC(=O)NCCC(O)C(O)c1ccc(F)cc1C(C)=O. The molecule has 0 aromatic heterocycles. The van der Waals surface area contributed by atoms with Crippen molar-refractivity contribution in [2.45, 2.75) is 32.5 Å². The van der Waals surface area contributed by atoms with Gasteiger partial charge in [-0.2, -0.15) is 0 Å². The summed E-state index contributed by atoms with van der Waals surface area (Å²) in [5.41, 5.74) is 0.213. The van der Waals surface area contributed by atoms with Gasteiger partial charge >= 0.3 is 0 Å². The Kier molecular flexibility index (Phi) is 5.79. The number of hydrogen-bond acceptors (Lipinski definition) is 4. The van der Waals surface area contributed by atoms with Gasteiger partial charge in [-0.3, -0.25) is 9.59 Å². The second kappa shape index (κ2) is 7.12. The van der Waals surface area contributed by atoms with Crippen molar-refractivity contribution in [2.24, 2.45) is 0 Å². The van der Waals surface area contributed by atoms with Gasteiger partial charge in [0.25, 0.3) is 0 Å². The molecule has 1 rings (SSSR count). The van der Waals surface area contributed by atoms with Crippen LogP contribution in [0, 0.1) is 5.82 Å². The summed E-state index contributed by atoms with van der Waals surface area (Å²) in [6, 6.07) is 3.42. The van der Waals surface area contributed by atoms with Gasteiger partial charge in [-0.05, 0) is 31.0 Å². The number of carbonyl (C=O) groups excluding carboxylic acids is 2. The van der Waals surface area contributed by atoms with Gasteiger partial charge < -0.3 is 15.5 Å². The van der Waals surface area contributed by atoms with Crippen LogP contribution < -0.4 is 5.32 Å². The Morgan fingerprint density at radius 2 is 1.95 bits per heavy atom. The highest BCUT2D eigenvalue weighted by molar-refractivity contribution is 5.95. The van der Waals surface area contributed by atoms with Gasteiger partial charge in [0.05, 0.1) is 6.10 Å². The van der Waals surface area contributed by atoms with E-state index >= 15 is 0 Å². The van der Waals surface area contributed by atoms with Crippen molar-refractivity contribution in [3.8, 4) is 0 Å². The van der Waals surface area contributed by atoms with Crippen molar-refractivity contribution < 1.29 is 24.2 Å². The Hall–Kier alpha value is -1.79. The van der Waals surface area contributed by atoms with Gasteiger partial charge in [0.1, 0.15) is 11.9 Å². The first kappa shape index (κ1) is 16.3. The Labute approximate surface area is 116 Å². The van der Waals surface area contributed by atoms with E-state index in [2.05, 4.69) is 5.32 Å². The van der Waals surface area contributed by atoms with Gasteiger partial charge in [-0.25, -0.2) is 4.39 Å². The minimum Gasteiger partial charge on any atom is -0.390 e. The molecule has 1 amide bonds. The lowest BCUT2D eigenvalue weighted by Gasteiger charge is -2.20. The number of carbonyl (C=O) groups is 2. The summed E-state index contributed by atoms with van der Waals surface area (Å²) in [5, 5.41) is 22.4. The van der Waals surface area contributed by atoms with Crippen LogP contribution in [-0.4, -0.2) is 34.6 Å². The van der Waals surface area contributed by atoms with Gasteiger partial charge in [-0.1, -0.05) is 6.07 Å². The molecule has 0 saturated carbocycles. The Morgan fingerprint density at radius 3 is 2.50 bits per heavy atom. The zero-order valence-electron chi connectivity index (χ0n) is 11.4. The van der Waals surface area contributed by atoms with E-state index in [0.717, 1.165) is 12.1 Å². The smallest absolute Gasteiger partial charge is 0.216 e. The Balaban J connectivity index is 2.83. The van der Waals surface area contributed by atoms with Gasteiger partial charge in [0.15, 0.2) is 5.78 Å². The lowest BCUT2D eigenvalue weighted by molar-refractivity contribution is -0.119. The lowest BCUT2D eigenvalue weighted by atomic mass is 9.95. The average Bonchev–Trinajstić information content (AvgIpc) is 2.37. The summed E-state index contributed by atoms with van der Waals surface area (Å²) in [7, 11) is 0. The number of nitrogens with one attached hydrogen (secondary N) is 1. The minimum atomic E-state index is -1.32. The van der Waals surface area contributed by atoms with Crippen molar-refractivity contribution in [1.82, 2.24) is 5.32 Å². The highest BCUT2D eigenvalue weighted by Gasteiger charge is 2.22. The first-order chi connectivity index (χ1) is 9.32. The van der Waals surface area contributed by atoms with E-state index in [0.29, 0.717) is 0 Å². The first-order valence-electron chi connectivity index (χ1n) is 6.24. The largest absolute Gasteiger partial charge is 0.390 e. The van der Waals surface area contributed by atoms with E-state index in [1.165, 1.54) is 19.9 Å². The summed E-state index contributed by atoms with van der Waals surface area (Å²) in [6.45, 7) is 2.80. The number of benzene rings is 1. The quantitative estimate of drug-likeness (QED) is 0.678. The molecule has 0 spiro atoms. The molecule has 1 aromatic carbocycles. The molecule has 0 fully saturated rings. The first-order valence-corrected chi connectivity index (χ1v) is 6.24. The van der Waals surface area contributed by atoms with E-state index in [-0.39, 0.29) is 30.0 Å². The molecule has 3 N–H and O–H groups in total. The molecule has 2 unspecified atom stereocenters. The predicted molar refractivity (Wildman–Crippen MR) is 70.7 cm³/mol. The molecule has 110 valence electrons. The Morgan fingerprint density at radius 1 is 1.30 bits per heavy atom. The van der Waals surface area contributed by atoms with E-state index in [1.807, 2.05) is 0 Å². The summed E-state index contributed by atoms with van der Waals surface area (Å²) in [6.07, 6.45) is -2.36. The van der Waals surface area contributed by atoms with E-state index in [4.69, 9.17) is 0 Å². The van der Waals surface area contributed by atoms with E-state index in [1.54, 1.807) is 0 Å². The third-order valence-corrected chi connectivity index (χ3v) is 2.89. The van der Waals surface area contributed by atoms with E-state index in [9.17, 15) is 24.2 Å². The normalized spacial score (nSPS) is 13.7. The standard InChI is InChI=1S/C14H18FNO4/c1-8(17)12-7-10(15)3-4-11(12)14(20)13(19)5-6-16-9(2)18/h3-4,7,13-14,19-20H,5-6H2,1-2H3,(H,16,18). The van der Waals surface area contributed by atoms with Crippen LogP contribution in [-0.2, 0) is 4.79 Å². The third kappa shape index (κ3) is 4.40. The highest BCUT2D eigenvalue weighted by atomic mass is 19.1. The molecule has 0 aliphatic carbocycles. The second-order valence-electron chi connectivity index (χ2n) is 4.57. The second-order valence-corrected chi connectivity index (χ2v) is 4.57. The monoisotopic (exact) mass is 283 g/mol. The van der Waals surface area contributed by atoms with Crippen LogP contribution in [0.4, 0.5) is 4.39 Å². The van der Waals surface area contributed by atoms with Crippen molar-refractivity contribution >= 4 is 11.7 Å². The molecule has 5 nitrogen and oxygen atoms in total. The van der Waals surface area contributed by atoms with Gasteiger partial charge in [-0.15, -0.1) is 0 Å². The van der Waals surface area contributed by atoms with Gasteiger partial charge in [0, 0.05) is 19.0 Å². The van der Waals surface area contributed by atoms with Crippen LogP contribution in [0.3, 0.4) is 0 Å². The topological polar surface area (TPSA) is 86.6 Å². The Bertz CT molecular complexity index is 504. The molecule has 0 bridgehead atoms. The van der Waals surface area contributed by atoms with Crippen LogP contribution >= 0.6 is 0 Å². The third-order valence-electron chi connectivity index (χ3n) is 2.89. The molecular formula is C14H18FNO4. The van der Waals surface area contributed by atoms with Crippen molar-refractivity contribution in [1.29, 1.82) is 0 Å². The molecule has 6 heteroatoms. The number of aliphatic hydroxyl groups is 2. The fourth-order valence-electron chi connectivity index (χ4n) is 1.85. The van der Waals surface area contributed by atoms with E-state index < -0.39 is 23.8 Å². The fraction of sp³-hybridized carbons (Fsp3) is 0.429. The zero-order valence-corrected chi connectivity index (χ0v) is 11.4. The molecule has 2 atom stereocenters. The molecule has 0 aliphatic heterocycles. The number of amides is 1. The summed E-state index contributed by atoms with van der Waals surface area (Å²) < 4.78 is 13.1. The maximum Gasteiger partial charge on any atom is 0.216 e.